The highest BCUT2D eigenvalue weighted by Crippen LogP contribution is 2.30. The van der Waals surface area contributed by atoms with Gasteiger partial charge in [-0.15, -0.1) is 0 Å². The molecule has 3 heteroatoms. The molecule has 1 atom stereocenters. The van der Waals surface area contributed by atoms with Gasteiger partial charge in [0.1, 0.15) is 0 Å². The zero-order chi connectivity index (χ0) is 11.3. The molecular weight excluding hydrogens is 270 g/mol. The molecule has 0 aromatic carbocycles. The quantitative estimate of drug-likeness (QED) is 0.712. The SMILES string of the molecule is CCCC(CBr)CN1CCSC(C)(C)C1. The van der Waals surface area contributed by atoms with Crippen LogP contribution in [-0.2, 0) is 0 Å². The lowest BCUT2D eigenvalue weighted by atomic mass is 10.0. The molecule has 0 spiro atoms. The van der Waals surface area contributed by atoms with Crippen LogP contribution < -0.4 is 0 Å². The molecule has 1 aliphatic heterocycles. The van der Waals surface area contributed by atoms with Crippen LogP contribution in [0.25, 0.3) is 0 Å². The van der Waals surface area contributed by atoms with Crippen molar-refractivity contribution in [1.29, 1.82) is 0 Å². The number of nitrogens with zero attached hydrogens (tertiary/aromatic N) is 1. The highest BCUT2D eigenvalue weighted by atomic mass is 79.9. The lowest BCUT2D eigenvalue weighted by molar-refractivity contribution is 0.224. The van der Waals surface area contributed by atoms with E-state index in [0.29, 0.717) is 4.75 Å². The molecular formula is C12H24BrNS. The number of rotatable bonds is 5. The topological polar surface area (TPSA) is 3.24 Å². The third-order valence-corrected chi connectivity index (χ3v) is 5.15. The molecule has 1 aliphatic rings. The van der Waals surface area contributed by atoms with E-state index in [9.17, 15) is 0 Å². The fourth-order valence-electron chi connectivity index (χ4n) is 2.26. The van der Waals surface area contributed by atoms with Gasteiger partial charge in [-0.25, -0.2) is 0 Å². The molecule has 0 amide bonds. The minimum Gasteiger partial charge on any atom is -0.301 e. The minimum absolute atomic E-state index is 0.460. The van der Waals surface area contributed by atoms with Gasteiger partial charge in [0.2, 0.25) is 0 Å². The zero-order valence-electron chi connectivity index (χ0n) is 10.3. The first kappa shape index (κ1) is 13.9. The Morgan fingerprint density at radius 3 is 2.73 bits per heavy atom. The first-order valence-corrected chi connectivity index (χ1v) is 8.10. The summed E-state index contributed by atoms with van der Waals surface area (Å²) < 4.78 is 0.460. The van der Waals surface area contributed by atoms with Crippen LogP contribution in [0.4, 0.5) is 0 Å². The summed E-state index contributed by atoms with van der Waals surface area (Å²) in [6.45, 7) is 10.8. The number of alkyl halides is 1. The van der Waals surface area contributed by atoms with Gasteiger partial charge in [-0.1, -0.05) is 29.3 Å². The molecule has 0 saturated carbocycles. The van der Waals surface area contributed by atoms with E-state index in [1.54, 1.807) is 0 Å². The normalized spacial score (nSPS) is 24.0. The molecule has 1 saturated heterocycles. The molecule has 15 heavy (non-hydrogen) atoms. The molecule has 1 heterocycles. The Morgan fingerprint density at radius 1 is 1.47 bits per heavy atom. The average molecular weight is 294 g/mol. The molecule has 1 rings (SSSR count). The maximum Gasteiger partial charge on any atom is 0.0231 e. The second kappa shape index (κ2) is 6.51. The second-order valence-electron chi connectivity index (χ2n) is 5.15. The summed E-state index contributed by atoms with van der Waals surface area (Å²) in [5.74, 6) is 2.14. The molecule has 1 unspecified atom stereocenters. The summed E-state index contributed by atoms with van der Waals surface area (Å²) in [7, 11) is 0. The average Bonchev–Trinajstić information content (AvgIpc) is 2.15. The largest absolute Gasteiger partial charge is 0.301 e. The van der Waals surface area contributed by atoms with Crippen molar-refractivity contribution in [3.63, 3.8) is 0 Å². The van der Waals surface area contributed by atoms with Crippen molar-refractivity contribution in [2.45, 2.75) is 38.4 Å². The lowest BCUT2D eigenvalue weighted by Crippen LogP contribution is -2.45. The van der Waals surface area contributed by atoms with Crippen LogP contribution in [0.3, 0.4) is 0 Å². The Labute approximate surface area is 107 Å². The Hall–Kier alpha value is 0.790. The monoisotopic (exact) mass is 293 g/mol. The van der Waals surface area contributed by atoms with Crippen LogP contribution in [0, 0.1) is 5.92 Å². The minimum atomic E-state index is 0.460. The Kier molecular flexibility index (Phi) is 6.01. The van der Waals surface area contributed by atoms with Gasteiger partial charge in [-0.3, -0.25) is 0 Å². The van der Waals surface area contributed by atoms with Crippen LogP contribution >= 0.6 is 27.7 Å². The first-order valence-electron chi connectivity index (χ1n) is 5.99. The summed E-state index contributed by atoms with van der Waals surface area (Å²) in [5, 5.41) is 1.16. The number of halogens is 1. The Bertz CT molecular complexity index is 184. The van der Waals surface area contributed by atoms with E-state index in [0.717, 1.165) is 11.2 Å². The van der Waals surface area contributed by atoms with E-state index < -0.39 is 0 Å². The molecule has 1 nitrogen and oxygen atoms in total. The van der Waals surface area contributed by atoms with E-state index >= 15 is 0 Å². The van der Waals surface area contributed by atoms with Gasteiger partial charge in [0, 0.05) is 35.5 Å². The summed E-state index contributed by atoms with van der Waals surface area (Å²) in [6, 6.07) is 0. The zero-order valence-corrected chi connectivity index (χ0v) is 12.7. The highest BCUT2D eigenvalue weighted by molar-refractivity contribution is 9.09. The molecule has 0 bridgehead atoms. The van der Waals surface area contributed by atoms with E-state index in [-0.39, 0.29) is 0 Å². The molecule has 0 N–H and O–H groups in total. The summed E-state index contributed by atoms with van der Waals surface area (Å²) in [4.78, 5) is 2.65. The first-order chi connectivity index (χ1) is 7.07. The summed E-state index contributed by atoms with van der Waals surface area (Å²) >= 11 is 5.76. The fourth-order valence-corrected chi connectivity index (χ4v) is 3.97. The molecule has 0 aliphatic carbocycles. The van der Waals surface area contributed by atoms with E-state index in [2.05, 4.69) is 53.4 Å². The van der Waals surface area contributed by atoms with Crippen molar-refractivity contribution < 1.29 is 0 Å². The van der Waals surface area contributed by atoms with Crippen LogP contribution in [0.2, 0.25) is 0 Å². The van der Waals surface area contributed by atoms with Gasteiger partial charge in [-0.05, 0) is 26.2 Å². The predicted molar refractivity (Wildman–Crippen MR) is 75.2 cm³/mol. The number of hydrogen-bond donors (Lipinski definition) is 0. The van der Waals surface area contributed by atoms with Crippen molar-refractivity contribution in [1.82, 2.24) is 4.90 Å². The van der Waals surface area contributed by atoms with Crippen molar-refractivity contribution in [2.75, 3.05) is 30.7 Å². The van der Waals surface area contributed by atoms with Crippen molar-refractivity contribution in [2.24, 2.45) is 5.92 Å². The van der Waals surface area contributed by atoms with Gasteiger partial charge in [0.25, 0.3) is 0 Å². The third-order valence-electron chi connectivity index (χ3n) is 2.94. The maximum absolute atomic E-state index is 3.64. The van der Waals surface area contributed by atoms with Crippen molar-refractivity contribution in [3.05, 3.63) is 0 Å². The maximum atomic E-state index is 3.64. The third kappa shape index (κ3) is 5.10. The smallest absolute Gasteiger partial charge is 0.0231 e. The standard InChI is InChI=1S/C12H24BrNS/c1-4-5-11(8-13)9-14-6-7-15-12(2,3)10-14/h11H,4-10H2,1-3H3. The molecule has 90 valence electrons. The highest BCUT2D eigenvalue weighted by Gasteiger charge is 2.27. The number of hydrogen-bond acceptors (Lipinski definition) is 2. The van der Waals surface area contributed by atoms with E-state index in [1.165, 1.54) is 38.2 Å². The Morgan fingerprint density at radius 2 is 2.20 bits per heavy atom. The molecule has 1 fully saturated rings. The van der Waals surface area contributed by atoms with Gasteiger partial charge in [-0.2, -0.15) is 11.8 Å². The van der Waals surface area contributed by atoms with Crippen LogP contribution in [-0.4, -0.2) is 40.4 Å². The number of thioether (sulfide) groups is 1. The van der Waals surface area contributed by atoms with Crippen LogP contribution in [0.15, 0.2) is 0 Å². The van der Waals surface area contributed by atoms with Gasteiger partial charge in [0.05, 0.1) is 0 Å². The fraction of sp³-hybridized carbons (Fsp3) is 1.00. The van der Waals surface area contributed by atoms with Gasteiger partial charge < -0.3 is 4.90 Å². The van der Waals surface area contributed by atoms with Crippen LogP contribution in [0.1, 0.15) is 33.6 Å². The lowest BCUT2D eigenvalue weighted by Gasteiger charge is -2.39. The Balaban J connectivity index is 2.36. The van der Waals surface area contributed by atoms with Crippen molar-refractivity contribution in [3.8, 4) is 0 Å². The summed E-state index contributed by atoms with van der Waals surface area (Å²) in [5.41, 5.74) is 0. The van der Waals surface area contributed by atoms with Gasteiger partial charge >= 0.3 is 0 Å². The van der Waals surface area contributed by atoms with E-state index in [4.69, 9.17) is 0 Å². The van der Waals surface area contributed by atoms with Crippen LogP contribution in [0.5, 0.6) is 0 Å². The predicted octanol–water partition coefficient (Wildman–Crippen LogP) is 3.63. The molecule has 0 aromatic rings. The van der Waals surface area contributed by atoms with Gasteiger partial charge in [0.15, 0.2) is 0 Å². The summed E-state index contributed by atoms with van der Waals surface area (Å²) in [6.07, 6.45) is 2.66. The van der Waals surface area contributed by atoms with E-state index in [1.807, 2.05) is 0 Å². The van der Waals surface area contributed by atoms with Crippen molar-refractivity contribution >= 4 is 27.7 Å². The molecule has 0 aromatic heterocycles. The molecule has 0 radical (unpaired) electrons. The second-order valence-corrected chi connectivity index (χ2v) is 7.60.